The Morgan fingerprint density at radius 3 is 2.07 bits per heavy atom. The number of carbonyl (C=O) groups excluding carboxylic acids is 1. The third-order valence-corrected chi connectivity index (χ3v) is 10.5. The van der Waals surface area contributed by atoms with Crippen LogP contribution in [0.3, 0.4) is 0 Å². The summed E-state index contributed by atoms with van der Waals surface area (Å²) < 4.78 is 60.2. The molecule has 0 aliphatic heterocycles. The molecule has 46 heavy (non-hydrogen) atoms. The molecular weight excluding hydrogens is 604 g/mol. The first kappa shape index (κ1) is 32.6. The van der Waals surface area contributed by atoms with Crippen molar-refractivity contribution in [2.45, 2.75) is 108 Å². The maximum Gasteiger partial charge on any atom is 0.417 e. The zero-order valence-electron chi connectivity index (χ0n) is 26.5. The molecular formula is C34H40F4N4O4. The van der Waals surface area contributed by atoms with Crippen molar-refractivity contribution in [2.75, 3.05) is 11.4 Å². The van der Waals surface area contributed by atoms with Crippen LogP contribution in [0.15, 0.2) is 47.0 Å². The van der Waals surface area contributed by atoms with E-state index in [1.54, 1.807) is 44.2 Å². The fourth-order valence-corrected chi connectivity index (χ4v) is 7.29. The Kier molecular flexibility index (Phi) is 7.67. The average Bonchev–Trinajstić information content (AvgIpc) is 3.51. The van der Waals surface area contributed by atoms with Crippen molar-refractivity contribution in [1.29, 1.82) is 0 Å². The minimum Gasteiger partial charge on any atom is -0.386 e. The number of alkyl halides is 4. The second kappa shape index (κ2) is 10.8. The molecule has 4 saturated carbocycles. The monoisotopic (exact) mass is 644 g/mol. The van der Waals surface area contributed by atoms with E-state index in [1.165, 1.54) is 18.7 Å². The number of benzene rings is 1. The lowest BCUT2D eigenvalue weighted by atomic mass is 9.53. The van der Waals surface area contributed by atoms with Crippen LogP contribution in [0.1, 0.15) is 96.3 Å². The van der Waals surface area contributed by atoms with Crippen LogP contribution in [0.5, 0.6) is 0 Å². The van der Waals surface area contributed by atoms with Gasteiger partial charge in [0.05, 0.1) is 11.3 Å². The van der Waals surface area contributed by atoms with E-state index in [0.29, 0.717) is 36.6 Å². The highest BCUT2D eigenvalue weighted by Crippen LogP contribution is 2.58. The molecule has 4 aliphatic carbocycles. The number of pyridine rings is 1. The van der Waals surface area contributed by atoms with E-state index < -0.39 is 47.7 Å². The number of anilines is 1. The topological polar surface area (TPSA) is 113 Å². The number of nitrogens with zero attached hydrogens (tertiary/aromatic N) is 4. The molecule has 0 radical (unpaired) electrons. The number of rotatable bonds is 8. The Hall–Kier alpha value is -3.38. The molecule has 12 heteroatoms. The summed E-state index contributed by atoms with van der Waals surface area (Å²) in [7, 11) is 0. The predicted molar refractivity (Wildman–Crippen MR) is 161 cm³/mol. The van der Waals surface area contributed by atoms with Gasteiger partial charge < -0.3 is 14.7 Å². The lowest BCUT2D eigenvalue weighted by Crippen LogP contribution is -2.60. The van der Waals surface area contributed by atoms with Crippen LogP contribution in [-0.2, 0) is 21.5 Å². The Morgan fingerprint density at radius 1 is 0.935 bits per heavy atom. The minimum atomic E-state index is -4.82. The zero-order chi connectivity index (χ0) is 33.3. The molecule has 0 atom stereocenters. The van der Waals surface area contributed by atoms with Gasteiger partial charge in [-0.3, -0.25) is 9.69 Å². The fraction of sp³-hybridized carbons (Fsp3) is 0.588. The van der Waals surface area contributed by atoms with E-state index in [9.17, 15) is 32.6 Å². The minimum absolute atomic E-state index is 0.0592. The number of aliphatic hydroxyl groups is 2. The largest absolute Gasteiger partial charge is 0.417 e. The smallest absolute Gasteiger partial charge is 0.386 e. The molecule has 2 bridgehead atoms. The van der Waals surface area contributed by atoms with Gasteiger partial charge in [-0.25, -0.2) is 9.37 Å². The van der Waals surface area contributed by atoms with Crippen LogP contribution in [0.4, 0.5) is 23.4 Å². The molecule has 1 aromatic carbocycles. The lowest BCUT2D eigenvalue weighted by molar-refractivity contribution is -0.295. The second-order valence-corrected chi connectivity index (χ2v) is 14.8. The SMILES string of the molecule is CC(C)(O)c1ccc(-c2cccc(N(CC34CCC(c5noc(C(C)(C)F)n5)(CC3)CC4)C(=O)C3CC(O)(C(F)(F)F)C3)n2)cc1. The molecule has 4 fully saturated rings. The highest BCUT2D eigenvalue weighted by molar-refractivity contribution is 5.95. The van der Waals surface area contributed by atoms with Crippen LogP contribution in [-0.4, -0.2) is 49.6 Å². The molecule has 3 aromatic rings. The number of hydrogen-bond donors (Lipinski definition) is 2. The van der Waals surface area contributed by atoms with Gasteiger partial charge in [-0.15, -0.1) is 0 Å². The van der Waals surface area contributed by atoms with Crippen LogP contribution in [0.2, 0.25) is 0 Å². The Morgan fingerprint density at radius 2 is 1.54 bits per heavy atom. The van der Waals surface area contributed by atoms with Crippen molar-refractivity contribution in [3.63, 3.8) is 0 Å². The summed E-state index contributed by atoms with van der Waals surface area (Å²) in [5, 5.41) is 24.6. The number of carbonyl (C=O) groups is 1. The standard InChI is InChI=1S/C34H40F4N4O4/c1-29(2,35)28-40-27(41-46-28)32-15-12-31(13-16-32,14-17-32)20-42(26(43)22-18-33(45,19-22)34(36,37)38)25-7-5-6-24(39-25)21-8-10-23(11-9-21)30(3,4)44/h5-11,22,44-45H,12-20H2,1-4H3. The van der Waals surface area contributed by atoms with Gasteiger partial charge in [0.2, 0.25) is 5.91 Å². The molecule has 2 heterocycles. The van der Waals surface area contributed by atoms with Crippen molar-refractivity contribution < 1.29 is 37.1 Å². The van der Waals surface area contributed by atoms with Gasteiger partial charge in [0.1, 0.15) is 5.82 Å². The van der Waals surface area contributed by atoms with Crippen molar-refractivity contribution >= 4 is 11.7 Å². The van der Waals surface area contributed by atoms with Gasteiger partial charge in [-0.2, -0.15) is 18.2 Å². The highest BCUT2D eigenvalue weighted by Gasteiger charge is 2.63. The zero-order valence-corrected chi connectivity index (χ0v) is 26.5. The van der Waals surface area contributed by atoms with Gasteiger partial charge in [-0.1, -0.05) is 35.5 Å². The molecule has 8 nitrogen and oxygen atoms in total. The molecule has 0 saturated heterocycles. The van der Waals surface area contributed by atoms with E-state index in [2.05, 4.69) is 10.1 Å². The summed E-state index contributed by atoms with van der Waals surface area (Å²) >= 11 is 0. The van der Waals surface area contributed by atoms with Crippen molar-refractivity contribution in [3.8, 4) is 11.3 Å². The molecule has 248 valence electrons. The van der Waals surface area contributed by atoms with E-state index in [-0.39, 0.29) is 23.3 Å². The maximum atomic E-state index is 14.5. The highest BCUT2D eigenvalue weighted by atomic mass is 19.4. The van der Waals surface area contributed by atoms with E-state index in [0.717, 1.165) is 30.4 Å². The number of halogens is 4. The van der Waals surface area contributed by atoms with Crippen LogP contribution < -0.4 is 4.90 Å². The quantitative estimate of drug-likeness (QED) is 0.257. The van der Waals surface area contributed by atoms with Crippen molar-refractivity contribution in [3.05, 3.63) is 59.7 Å². The Balaban J connectivity index is 1.27. The predicted octanol–water partition coefficient (Wildman–Crippen LogP) is 6.89. The number of amides is 1. The molecule has 1 amide bonds. The van der Waals surface area contributed by atoms with Gasteiger partial charge in [0.15, 0.2) is 17.1 Å². The summed E-state index contributed by atoms with van der Waals surface area (Å²) in [4.78, 5) is 24.7. The molecule has 2 N–H and O–H groups in total. The summed E-state index contributed by atoms with van der Waals surface area (Å²) in [6, 6.07) is 12.5. The molecule has 0 unspecified atom stereocenters. The summed E-state index contributed by atoms with van der Waals surface area (Å²) in [5.74, 6) is -0.703. The van der Waals surface area contributed by atoms with E-state index >= 15 is 0 Å². The number of hydrogen-bond acceptors (Lipinski definition) is 7. The number of aromatic nitrogens is 3. The summed E-state index contributed by atoms with van der Waals surface area (Å²) in [5.41, 5.74) is -4.26. The van der Waals surface area contributed by atoms with E-state index in [4.69, 9.17) is 9.51 Å². The molecule has 0 spiro atoms. The van der Waals surface area contributed by atoms with Crippen molar-refractivity contribution in [2.24, 2.45) is 11.3 Å². The fourth-order valence-electron chi connectivity index (χ4n) is 7.29. The third kappa shape index (κ3) is 5.83. The van der Waals surface area contributed by atoms with Crippen LogP contribution >= 0.6 is 0 Å². The normalized spacial score (nSPS) is 28.2. The summed E-state index contributed by atoms with van der Waals surface area (Å²) in [6.07, 6.45) is -1.92. The number of fused-ring (bicyclic) bond motifs is 3. The first-order valence-electron chi connectivity index (χ1n) is 15.8. The second-order valence-electron chi connectivity index (χ2n) is 14.8. The first-order chi connectivity index (χ1) is 21.3. The van der Waals surface area contributed by atoms with Gasteiger partial charge >= 0.3 is 6.18 Å². The maximum absolute atomic E-state index is 14.5. The van der Waals surface area contributed by atoms with Crippen LogP contribution in [0, 0.1) is 11.3 Å². The van der Waals surface area contributed by atoms with Gasteiger partial charge in [0, 0.05) is 23.4 Å². The molecule has 4 aliphatic rings. The molecule has 2 aromatic heterocycles. The van der Waals surface area contributed by atoms with Crippen LogP contribution in [0.25, 0.3) is 11.3 Å². The van der Waals surface area contributed by atoms with E-state index in [1.807, 2.05) is 12.1 Å². The Bertz CT molecular complexity index is 1580. The summed E-state index contributed by atoms with van der Waals surface area (Å²) in [6.45, 7) is 6.38. The Labute approximate surface area is 265 Å². The lowest BCUT2D eigenvalue weighted by Gasteiger charge is -2.54. The first-order valence-corrected chi connectivity index (χ1v) is 15.8. The molecule has 7 rings (SSSR count). The van der Waals surface area contributed by atoms with Crippen molar-refractivity contribution in [1.82, 2.24) is 15.1 Å². The third-order valence-electron chi connectivity index (χ3n) is 10.5. The average molecular weight is 645 g/mol. The van der Waals surface area contributed by atoms with Gasteiger partial charge in [-0.05, 0) is 102 Å². The van der Waals surface area contributed by atoms with Gasteiger partial charge in [0.25, 0.3) is 5.89 Å².